The third-order valence-electron chi connectivity index (χ3n) is 16.9. The van der Waals surface area contributed by atoms with Crippen LogP contribution in [0.25, 0.3) is 0 Å². The molecular weight excluding hydrogens is 1450 g/mol. The Morgan fingerprint density at radius 1 is 0.563 bits per heavy atom. The highest BCUT2D eigenvalue weighted by atomic mass is 32.3. The van der Waals surface area contributed by atoms with Crippen molar-refractivity contribution in [1.82, 2.24) is 10.2 Å². The number of rotatable bonds is 22. The quantitative estimate of drug-likeness (QED) is 0.0239. The summed E-state index contributed by atoms with van der Waals surface area (Å²) in [4.78, 5) is 81.1. The smallest absolute Gasteiger partial charge is 0.308 e. The number of nitrogens with one attached hydrogen (secondary N) is 1. The zero-order valence-corrected chi connectivity index (χ0v) is 65.7. The fourth-order valence-electron chi connectivity index (χ4n) is 11.6. The van der Waals surface area contributed by atoms with Crippen LogP contribution in [-0.2, 0) is 94.9 Å². The van der Waals surface area contributed by atoms with Crippen LogP contribution in [0.5, 0.6) is 23.0 Å². The first-order chi connectivity index (χ1) is 47.5. The minimum atomic E-state index is -4.11. The van der Waals surface area contributed by atoms with Crippen molar-refractivity contribution >= 4 is 104 Å². The minimum Gasteiger partial charge on any atom is -0.481 e. The molecule has 4 aromatic carbocycles. The third-order valence-corrected chi connectivity index (χ3v) is 27.5. The molecule has 0 saturated carbocycles. The van der Waals surface area contributed by atoms with Gasteiger partial charge in [-0.2, -0.15) is 0 Å². The van der Waals surface area contributed by atoms with Gasteiger partial charge >= 0.3 is 29.8 Å². The van der Waals surface area contributed by atoms with Crippen LogP contribution in [-0.4, -0.2) is 121 Å². The van der Waals surface area contributed by atoms with Crippen LogP contribution in [0.3, 0.4) is 0 Å². The summed E-state index contributed by atoms with van der Waals surface area (Å²) in [6.45, 7) is 28.6. The fraction of sp³-hybridized carbons (Fsp3) is 0.458. The number of carboxylic acids is 1. The molecule has 0 unspecified atom stereocenters. The fourth-order valence-corrected chi connectivity index (χ4v) is 20.4. The number of aldehydes is 1. The lowest BCUT2D eigenvalue weighted by Gasteiger charge is -2.38. The first-order valence-corrected chi connectivity index (χ1v) is 40.6. The Hall–Kier alpha value is -7.59. The second kappa shape index (κ2) is 36.4. The van der Waals surface area contributed by atoms with Crippen LogP contribution in [0.2, 0.25) is 0 Å². The van der Waals surface area contributed by atoms with Crippen LogP contribution in [0.4, 0.5) is 0 Å². The molecule has 2 aliphatic rings. The topological polar surface area (TPSA) is 401 Å². The Labute approximate surface area is 613 Å². The summed E-state index contributed by atoms with van der Waals surface area (Å²) in [6, 6.07) is 30.6. The Kier molecular flexibility index (Phi) is 31.0. The number of sulfone groups is 2. The second-order valence-corrected chi connectivity index (χ2v) is 38.0. The van der Waals surface area contributed by atoms with Gasteiger partial charge in [0.15, 0.2) is 19.7 Å². The largest absolute Gasteiger partial charge is 0.481 e. The summed E-state index contributed by atoms with van der Waals surface area (Å²) >= 11 is 1.37. The van der Waals surface area contributed by atoms with Crippen molar-refractivity contribution in [3.05, 3.63) is 143 Å². The van der Waals surface area contributed by atoms with E-state index in [4.69, 9.17) is 39.4 Å². The molecule has 1 amide bonds. The van der Waals surface area contributed by atoms with Crippen molar-refractivity contribution < 1.29 is 96.4 Å². The average molecular weight is 1550 g/mol. The molecule has 31 heteroatoms. The molecule has 0 aliphatic carbocycles. The third kappa shape index (κ3) is 24.0. The van der Waals surface area contributed by atoms with E-state index in [1.54, 1.807) is 92.4 Å². The number of sulfonamides is 2. The monoisotopic (exact) mass is 1540 g/mol. The molecule has 25 nitrogen and oxygen atoms in total. The number of carboxylic acid groups (broad SMARTS) is 1. The highest BCUT2D eigenvalue weighted by molar-refractivity contribution is 7.96. The molecule has 6 aromatic rings. The number of esters is 4. The molecule has 7 N–H and O–H groups in total. The number of primary sulfonamides is 2. The van der Waals surface area contributed by atoms with E-state index in [0.717, 1.165) is 34.3 Å². The zero-order chi connectivity index (χ0) is 78.2. The van der Waals surface area contributed by atoms with E-state index in [-0.39, 0.29) is 89.5 Å². The number of amides is 1. The Morgan fingerprint density at radius 2 is 0.903 bits per heavy atom. The standard InChI is InChI=1S/C23H30N2O7S3.C13H16O4.C13H18O3.C13H16O3.C10H16N2O4S3/c1-6-25(20(27)13-23(4,5)17-9-7-8-10-19(17)32-15(3)26)18-11-14(2)34(28,29)22-16(18)12-21(33-22)35(24,30)31;1-9(14)17-11-7-5-4-6-10(11)13(2,3)8-12(15)16;2*1-10(15)16-12-7-5-4-6-11(12)13(2,3)8-9-14;1-3-12-8-4-6(2)18(13,14)10-7(8)5-9(17-10)19(11,15)16/h7-10,12,14,18H,6,11,13H2,1-5H3,(H2,24,30,31);4-7H,8H2,1-3H3,(H,15,16);4-7,14H,8-9H2,1-3H3;4-7,9H,8H2,1-3H3;5-6,8,12H,3-4H2,1-2H3,(H2,11,15,16)/t14-,18-;;;;6-,8-/m0...0/s1. The van der Waals surface area contributed by atoms with Crippen molar-refractivity contribution in [3.8, 4) is 23.0 Å². The van der Waals surface area contributed by atoms with Crippen molar-refractivity contribution in [2.24, 2.45) is 10.3 Å². The minimum absolute atomic E-state index is 0.0225. The van der Waals surface area contributed by atoms with Crippen molar-refractivity contribution in [2.45, 2.75) is 210 Å². The molecule has 2 aliphatic heterocycles. The van der Waals surface area contributed by atoms with Gasteiger partial charge in [0, 0.05) is 104 Å². The number of nitrogens with zero attached hydrogens (tertiary/aromatic N) is 1. The van der Waals surface area contributed by atoms with E-state index in [1.807, 2.05) is 92.6 Å². The number of nitrogens with two attached hydrogens (primary N) is 2. The highest BCUT2D eigenvalue weighted by Gasteiger charge is 2.44. The van der Waals surface area contributed by atoms with E-state index in [2.05, 4.69) is 5.32 Å². The molecule has 2 aromatic heterocycles. The molecule has 4 heterocycles. The number of benzene rings is 4. The van der Waals surface area contributed by atoms with Gasteiger partial charge in [0.1, 0.15) is 46.1 Å². The number of ether oxygens (including phenoxy) is 4. The number of fused-ring (bicyclic) bond motifs is 2. The van der Waals surface area contributed by atoms with E-state index in [9.17, 15) is 67.2 Å². The predicted octanol–water partition coefficient (Wildman–Crippen LogP) is 10.9. The van der Waals surface area contributed by atoms with E-state index >= 15 is 0 Å². The number of carbonyl (C=O) groups excluding carboxylic acids is 6. The lowest BCUT2D eigenvalue weighted by atomic mass is 9.80. The number of hydrogen-bond donors (Lipinski definition) is 5. The van der Waals surface area contributed by atoms with Crippen LogP contribution < -0.4 is 34.5 Å². The van der Waals surface area contributed by atoms with Gasteiger partial charge in [-0.1, -0.05) is 135 Å². The number of thiophene rings is 2. The van der Waals surface area contributed by atoms with Crippen LogP contribution in [0.1, 0.15) is 195 Å². The van der Waals surface area contributed by atoms with Crippen LogP contribution in [0.15, 0.2) is 126 Å². The van der Waals surface area contributed by atoms with Gasteiger partial charge in [-0.25, -0.2) is 43.9 Å². The molecule has 566 valence electrons. The molecule has 103 heavy (non-hydrogen) atoms. The van der Waals surface area contributed by atoms with Crippen molar-refractivity contribution in [3.63, 3.8) is 0 Å². The van der Waals surface area contributed by atoms with Gasteiger partial charge in [0.05, 0.1) is 23.0 Å². The molecule has 0 radical (unpaired) electrons. The lowest BCUT2D eigenvalue weighted by molar-refractivity contribution is -0.138. The summed E-state index contributed by atoms with van der Waals surface area (Å²) in [6.07, 6.45) is 2.51. The van der Waals surface area contributed by atoms with Gasteiger partial charge in [0.25, 0.3) is 0 Å². The van der Waals surface area contributed by atoms with Crippen molar-refractivity contribution in [1.29, 1.82) is 0 Å². The molecule has 0 spiro atoms. The lowest BCUT2D eigenvalue weighted by Crippen LogP contribution is -2.42. The number of aliphatic hydroxyl groups excluding tert-OH is 1. The number of para-hydroxylation sites is 4. The van der Waals surface area contributed by atoms with E-state index < -0.39 is 85.0 Å². The van der Waals surface area contributed by atoms with Gasteiger partial charge in [-0.3, -0.25) is 28.8 Å². The maximum absolute atomic E-state index is 13.6. The highest BCUT2D eigenvalue weighted by Crippen LogP contribution is 2.47. The van der Waals surface area contributed by atoms with Gasteiger partial charge in [-0.05, 0) is 93.8 Å². The van der Waals surface area contributed by atoms with E-state index in [0.29, 0.717) is 71.3 Å². The second-order valence-electron chi connectivity index (χ2n) is 27.2. The van der Waals surface area contributed by atoms with E-state index in [1.165, 1.54) is 39.8 Å². The molecule has 0 fully saturated rings. The first-order valence-electron chi connectivity index (χ1n) is 32.8. The zero-order valence-electron chi connectivity index (χ0n) is 60.8. The van der Waals surface area contributed by atoms with Crippen LogP contribution >= 0.6 is 22.7 Å². The van der Waals surface area contributed by atoms with Gasteiger partial charge in [-0.15, -0.1) is 22.7 Å². The number of aliphatic hydroxyl groups is 1. The Morgan fingerprint density at radius 3 is 1.24 bits per heavy atom. The maximum atomic E-state index is 13.6. The average Bonchev–Trinajstić information content (AvgIpc) is 1.61. The number of aliphatic carboxylic acids is 1. The Balaban J connectivity index is 0.000000286. The van der Waals surface area contributed by atoms with Crippen LogP contribution in [0, 0.1) is 0 Å². The predicted molar refractivity (Wildman–Crippen MR) is 393 cm³/mol. The normalized spacial score (nSPS) is 16.7. The number of hydrogen-bond acceptors (Lipinski definition) is 23. The molecular formula is C72H96N4O21S6. The SMILES string of the molecule is CC(=O)Oc1ccccc1C(C)(C)CC(=O)O.CC(=O)Oc1ccccc1C(C)(C)CC=O.CC(=O)Oc1ccccc1C(C)(C)CCO.CCN(C(=O)CC(C)(C)c1ccccc1OC(C)=O)[C@H]1C[C@H](C)S(=O)(=O)c2sc(S(N)(=O)=O)cc21.CCN[C@H]1C[C@H](C)S(=O)(=O)c2sc(S(N)(=O)=O)cc21. The molecule has 0 saturated heterocycles. The number of carbonyl (C=O) groups is 7. The van der Waals surface area contributed by atoms with Crippen molar-refractivity contribution in [2.75, 3.05) is 19.7 Å². The molecule has 8 rings (SSSR count). The summed E-state index contributed by atoms with van der Waals surface area (Å²) in [5.74, 6) is -0.778. The van der Waals surface area contributed by atoms with Gasteiger partial charge < -0.3 is 44.2 Å². The summed E-state index contributed by atoms with van der Waals surface area (Å²) < 4.78 is 117. The maximum Gasteiger partial charge on any atom is 0.308 e. The summed E-state index contributed by atoms with van der Waals surface area (Å²) in [7, 11) is -15.2. The summed E-state index contributed by atoms with van der Waals surface area (Å²) in [5.41, 5.74) is 2.19. The molecule has 0 bridgehead atoms. The summed E-state index contributed by atoms with van der Waals surface area (Å²) in [5, 5.41) is 30.1. The van der Waals surface area contributed by atoms with Gasteiger partial charge in [0.2, 0.25) is 26.0 Å². The first kappa shape index (κ1) is 87.8. The Bertz CT molecular complexity index is 4500. The molecule has 4 atom stereocenters.